The zero-order valence-electron chi connectivity index (χ0n) is 11.7. The minimum absolute atomic E-state index is 0.0723. The molecule has 20 heavy (non-hydrogen) atoms. The maximum absolute atomic E-state index is 11.9. The van der Waals surface area contributed by atoms with Gasteiger partial charge in [-0.2, -0.15) is 0 Å². The van der Waals surface area contributed by atoms with Crippen molar-refractivity contribution in [2.45, 2.75) is 13.8 Å². The van der Waals surface area contributed by atoms with Crippen LogP contribution in [0.15, 0.2) is 36.5 Å². The fourth-order valence-corrected chi connectivity index (χ4v) is 1.69. The maximum Gasteiger partial charge on any atom is 0.251 e. The Kier molecular flexibility index (Phi) is 4.65. The van der Waals surface area contributed by atoms with Crippen molar-refractivity contribution in [1.82, 2.24) is 15.3 Å². The third kappa shape index (κ3) is 4.05. The number of hydrogen-bond acceptors (Lipinski definition) is 4. The van der Waals surface area contributed by atoms with Crippen molar-refractivity contribution in [3.05, 3.63) is 53.3 Å². The molecule has 5 heteroatoms. The van der Waals surface area contributed by atoms with E-state index in [0.29, 0.717) is 24.6 Å². The number of benzene rings is 1. The van der Waals surface area contributed by atoms with Crippen molar-refractivity contribution in [2.75, 3.05) is 18.4 Å². The average molecular weight is 270 g/mol. The highest BCUT2D eigenvalue weighted by Crippen LogP contribution is 2.02. The maximum atomic E-state index is 11.9. The summed E-state index contributed by atoms with van der Waals surface area (Å²) in [7, 11) is 0. The summed E-state index contributed by atoms with van der Waals surface area (Å²) in [6.07, 6.45) is 1.70. The van der Waals surface area contributed by atoms with Gasteiger partial charge in [0.15, 0.2) is 0 Å². The van der Waals surface area contributed by atoms with Crippen LogP contribution in [0, 0.1) is 13.8 Å². The third-order valence-electron chi connectivity index (χ3n) is 2.80. The van der Waals surface area contributed by atoms with E-state index in [9.17, 15) is 4.79 Å². The Morgan fingerprint density at radius 2 is 1.85 bits per heavy atom. The van der Waals surface area contributed by atoms with Gasteiger partial charge in [0.25, 0.3) is 5.91 Å². The summed E-state index contributed by atoms with van der Waals surface area (Å²) in [6, 6.07) is 9.33. The molecule has 0 aliphatic rings. The van der Waals surface area contributed by atoms with E-state index in [1.165, 1.54) is 0 Å². The van der Waals surface area contributed by atoms with Crippen LogP contribution >= 0.6 is 0 Å². The van der Waals surface area contributed by atoms with Gasteiger partial charge >= 0.3 is 0 Å². The Bertz CT molecular complexity index is 581. The van der Waals surface area contributed by atoms with Crippen LogP contribution in [0.25, 0.3) is 0 Å². The van der Waals surface area contributed by atoms with E-state index >= 15 is 0 Å². The van der Waals surface area contributed by atoms with Crippen molar-refractivity contribution in [1.29, 1.82) is 0 Å². The Morgan fingerprint density at radius 1 is 1.10 bits per heavy atom. The van der Waals surface area contributed by atoms with Crippen LogP contribution in [0.1, 0.15) is 21.6 Å². The number of aryl methyl sites for hydroxylation is 2. The van der Waals surface area contributed by atoms with Crippen molar-refractivity contribution in [2.24, 2.45) is 0 Å². The van der Waals surface area contributed by atoms with Crippen LogP contribution in [-0.2, 0) is 0 Å². The van der Waals surface area contributed by atoms with Gasteiger partial charge < -0.3 is 10.6 Å². The van der Waals surface area contributed by atoms with Gasteiger partial charge in [-0.25, -0.2) is 9.97 Å². The van der Waals surface area contributed by atoms with Crippen LogP contribution < -0.4 is 10.6 Å². The summed E-state index contributed by atoms with van der Waals surface area (Å²) in [6.45, 7) is 5.00. The highest BCUT2D eigenvalue weighted by atomic mass is 16.1. The Morgan fingerprint density at radius 3 is 2.55 bits per heavy atom. The molecule has 1 heterocycles. The summed E-state index contributed by atoms with van der Waals surface area (Å²) >= 11 is 0. The second-order valence-corrected chi connectivity index (χ2v) is 4.57. The van der Waals surface area contributed by atoms with E-state index in [0.717, 1.165) is 11.3 Å². The van der Waals surface area contributed by atoms with Crippen LogP contribution in [0.2, 0.25) is 0 Å². The molecule has 0 fully saturated rings. The lowest BCUT2D eigenvalue weighted by Crippen LogP contribution is -2.29. The van der Waals surface area contributed by atoms with Crippen LogP contribution in [0.3, 0.4) is 0 Å². The molecular formula is C15H18N4O. The highest BCUT2D eigenvalue weighted by molar-refractivity contribution is 5.94. The van der Waals surface area contributed by atoms with Crippen molar-refractivity contribution >= 4 is 11.9 Å². The number of carbonyl (C=O) groups is 1. The molecule has 104 valence electrons. The molecule has 0 spiro atoms. The quantitative estimate of drug-likeness (QED) is 0.815. The molecule has 2 N–H and O–H groups in total. The van der Waals surface area contributed by atoms with Crippen LogP contribution in [-0.4, -0.2) is 29.0 Å². The van der Waals surface area contributed by atoms with E-state index < -0.39 is 0 Å². The molecule has 0 unspecified atom stereocenters. The van der Waals surface area contributed by atoms with Gasteiger partial charge in [0.1, 0.15) is 0 Å². The summed E-state index contributed by atoms with van der Waals surface area (Å²) in [5.74, 6) is 0.506. The largest absolute Gasteiger partial charge is 0.352 e. The first-order chi connectivity index (χ1) is 9.65. The topological polar surface area (TPSA) is 66.9 Å². The minimum atomic E-state index is -0.0723. The summed E-state index contributed by atoms with van der Waals surface area (Å²) < 4.78 is 0. The van der Waals surface area contributed by atoms with Crippen molar-refractivity contribution in [3.8, 4) is 0 Å². The van der Waals surface area contributed by atoms with Gasteiger partial charge in [-0.15, -0.1) is 0 Å². The Labute approximate surface area is 118 Å². The molecule has 1 amide bonds. The fraction of sp³-hybridized carbons (Fsp3) is 0.267. The summed E-state index contributed by atoms with van der Waals surface area (Å²) in [4.78, 5) is 20.2. The lowest BCUT2D eigenvalue weighted by Gasteiger charge is -2.07. The smallest absolute Gasteiger partial charge is 0.251 e. The van der Waals surface area contributed by atoms with Crippen LogP contribution in [0.5, 0.6) is 0 Å². The fourth-order valence-electron chi connectivity index (χ4n) is 1.69. The zero-order valence-corrected chi connectivity index (χ0v) is 11.7. The van der Waals surface area contributed by atoms with Gasteiger partial charge in [0.2, 0.25) is 5.95 Å². The first-order valence-electron chi connectivity index (χ1n) is 6.53. The number of anilines is 1. The van der Waals surface area contributed by atoms with Gasteiger partial charge in [0, 0.05) is 30.5 Å². The van der Waals surface area contributed by atoms with Gasteiger partial charge in [-0.05, 0) is 32.0 Å². The normalized spacial score (nSPS) is 10.1. The molecule has 2 rings (SSSR count). The van der Waals surface area contributed by atoms with E-state index in [-0.39, 0.29) is 5.91 Å². The van der Waals surface area contributed by atoms with E-state index in [4.69, 9.17) is 0 Å². The highest BCUT2D eigenvalue weighted by Gasteiger charge is 2.03. The molecule has 0 aliphatic carbocycles. The number of hydrogen-bond donors (Lipinski definition) is 2. The molecule has 0 saturated heterocycles. The molecule has 0 saturated carbocycles. The van der Waals surface area contributed by atoms with Crippen molar-refractivity contribution in [3.63, 3.8) is 0 Å². The number of amides is 1. The molecule has 1 aromatic heterocycles. The number of aromatic nitrogens is 2. The van der Waals surface area contributed by atoms with E-state index in [1.54, 1.807) is 6.20 Å². The summed E-state index contributed by atoms with van der Waals surface area (Å²) in [5, 5.41) is 5.91. The summed E-state index contributed by atoms with van der Waals surface area (Å²) in [5.41, 5.74) is 2.72. The van der Waals surface area contributed by atoms with Gasteiger partial charge in [-0.3, -0.25) is 4.79 Å². The second kappa shape index (κ2) is 6.65. The molecule has 0 radical (unpaired) electrons. The molecule has 0 atom stereocenters. The lowest BCUT2D eigenvalue weighted by molar-refractivity contribution is 0.0955. The van der Waals surface area contributed by atoms with Crippen LogP contribution in [0.4, 0.5) is 5.95 Å². The lowest BCUT2D eigenvalue weighted by atomic mass is 10.1. The first-order valence-corrected chi connectivity index (χ1v) is 6.53. The first kappa shape index (κ1) is 14.0. The van der Waals surface area contributed by atoms with E-state index in [1.807, 2.05) is 44.2 Å². The molecule has 5 nitrogen and oxygen atoms in total. The molecule has 0 bridgehead atoms. The standard InChI is InChI=1S/C15H18N4O/c1-11-3-5-13(6-4-11)14(20)16-9-10-18-15-17-8-7-12(2)19-15/h3-8H,9-10H2,1-2H3,(H,16,20)(H,17,18,19). The monoisotopic (exact) mass is 270 g/mol. The number of carbonyl (C=O) groups excluding carboxylic acids is 1. The number of rotatable bonds is 5. The predicted octanol–water partition coefficient (Wildman–Crippen LogP) is 1.94. The average Bonchev–Trinajstić information content (AvgIpc) is 2.44. The van der Waals surface area contributed by atoms with E-state index in [2.05, 4.69) is 20.6 Å². The van der Waals surface area contributed by atoms with Crippen molar-refractivity contribution < 1.29 is 4.79 Å². The predicted molar refractivity (Wildman–Crippen MR) is 78.8 cm³/mol. The SMILES string of the molecule is Cc1ccc(C(=O)NCCNc2nccc(C)n2)cc1. The number of nitrogens with one attached hydrogen (secondary N) is 2. The second-order valence-electron chi connectivity index (χ2n) is 4.57. The third-order valence-corrected chi connectivity index (χ3v) is 2.80. The Hall–Kier alpha value is -2.43. The molecule has 1 aromatic carbocycles. The minimum Gasteiger partial charge on any atom is -0.352 e. The molecular weight excluding hydrogens is 252 g/mol. The molecule has 0 aliphatic heterocycles. The van der Waals surface area contributed by atoms with Gasteiger partial charge in [0.05, 0.1) is 0 Å². The molecule has 2 aromatic rings. The number of nitrogens with zero attached hydrogens (tertiary/aromatic N) is 2. The Balaban J connectivity index is 1.76. The van der Waals surface area contributed by atoms with Gasteiger partial charge in [-0.1, -0.05) is 17.7 Å². The zero-order chi connectivity index (χ0) is 14.4.